The van der Waals surface area contributed by atoms with Crippen molar-refractivity contribution in [1.82, 2.24) is 5.01 Å². The van der Waals surface area contributed by atoms with E-state index < -0.39 is 9.84 Å². The number of benzene rings is 1. The van der Waals surface area contributed by atoms with Crippen LogP contribution in [0.2, 0.25) is 0 Å². The summed E-state index contributed by atoms with van der Waals surface area (Å²) in [5, 5.41) is 8.94. The minimum Gasteiger partial charge on any atom is -0.285 e. The second-order valence-corrected chi connectivity index (χ2v) is 9.27. The number of rotatable bonds is 3. The Labute approximate surface area is 140 Å². The van der Waals surface area contributed by atoms with Gasteiger partial charge in [0.2, 0.25) is 0 Å². The fourth-order valence-electron chi connectivity index (χ4n) is 3.39. The summed E-state index contributed by atoms with van der Waals surface area (Å²) < 4.78 is 23.8. The Morgan fingerprint density at radius 2 is 1.96 bits per heavy atom. The first-order valence-electron chi connectivity index (χ1n) is 7.77. The van der Waals surface area contributed by atoms with E-state index in [9.17, 15) is 8.42 Å². The zero-order chi connectivity index (χ0) is 15.9. The Morgan fingerprint density at radius 3 is 2.61 bits per heavy atom. The van der Waals surface area contributed by atoms with Crippen molar-refractivity contribution in [2.45, 2.75) is 24.9 Å². The van der Waals surface area contributed by atoms with Gasteiger partial charge in [0.05, 0.1) is 34.2 Å². The summed E-state index contributed by atoms with van der Waals surface area (Å²) in [4.78, 5) is 1.18. The largest absolute Gasteiger partial charge is 0.285 e. The molecule has 2 unspecified atom stereocenters. The summed E-state index contributed by atoms with van der Waals surface area (Å²) in [7, 11) is -2.92. The maximum absolute atomic E-state index is 11.9. The van der Waals surface area contributed by atoms with E-state index in [1.54, 1.807) is 11.3 Å². The molecule has 0 saturated carbocycles. The molecule has 2 aromatic rings. The fraction of sp³-hybridized carbons (Fsp3) is 0.353. The highest BCUT2D eigenvalue weighted by Gasteiger charge is 2.39. The summed E-state index contributed by atoms with van der Waals surface area (Å²) >= 11 is 1.69. The molecule has 0 radical (unpaired) electrons. The fourth-order valence-corrected chi connectivity index (χ4v) is 5.81. The lowest BCUT2D eigenvalue weighted by molar-refractivity contribution is 0.175. The predicted molar refractivity (Wildman–Crippen MR) is 93.6 cm³/mol. The maximum Gasteiger partial charge on any atom is 0.152 e. The van der Waals surface area contributed by atoms with E-state index >= 15 is 0 Å². The lowest BCUT2D eigenvalue weighted by Gasteiger charge is -2.28. The van der Waals surface area contributed by atoms with Gasteiger partial charge in [0.25, 0.3) is 0 Å². The van der Waals surface area contributed by atoms with Crippen molar-refractivity contribution in [2.75, 3.05) is 11.5 Å². The SMILES string of the molecule is O=S1(=O)CCC(N2N=C(c3cccs3)CC2c2ccccc2)C1. The van der Waals surface area contributed by atoms with Crippen LogP contribution >= 0.6 is 11.3 Å². The lowest BCUT2D eigenvalue weighted by Crippen LogP contribution is -2.32. The number of sulfone groups is 1. The highest BCUT2D eigenvalue weighted by molar-refractivity contribution is 7.91. The Balaban J connectivity index is 1.68. The van der Waals surface area contributed by atoms with Crippen molar-refractivity contribution in [3.8, 4) is 0 Å². The van der Waals surface area contributed by atoms with Gasteiger partial charge in [-0.05, 0) is 23.4 Å². The predicted octanol–water partition coefficient (Wildman–Crippen LogP) is 3.09. The average molecular weight is 346 g/mol. The zero-order valence-electron chi connectivity index (χ0n) is 12.6. The van der Waals surface area contributed by atoms with Crippen LogP contribution in [0.1, 0.15) is 29.3 Å². The van der Waals surface area contributed by atoms with Crippen LogP contribution in [0, 0.1) is 0 Å². The van der Waals surface area contributed by atoms with Gasteiger partial charge in [-0.15, -0.1) is 11.3 Å². The van der Waals surface area contributed by atoms with E-state index in [1.165, 1.54) is 10.4 Å². The molecule has 4 nitrogen and oxygen atoms in total. The lowest BCUT2D eigenvalue weighted by atomic mass is 10.00. The Bertz CT molecular complexity index is 814. The molecule has 3 heterocycles. The van der Waals surface area contributed by atoms with Crippen LogP contribution in [-0.4, -0.2) is 36.7 Å². The molecule has 2 aliphatic rings. The van der Waals surface area contributed by atoms with Crippen LogP contribution in [0.3, 0.4) is 0 Å². The van der Waals surface area contributed by atoms with Crippen LogP contribution in [0.5, 0.6) is 0 Å². The Hall–Kier alpha value is -1.66. The zero-order valence-corrected chi connectivity index (χ0v) is 14.3. The van der Waals surface area contributed by atoms with Crippen molar-refractivity contribution >= 4 is 26.9 Å². The number of hydrogen-bond donors (Lipinski definition) is 0. The first kappa shape index (κ1) is 14.9. The van der Waals surface area contributed by atoms with Crippen LogP contribution in [-0.2, 0) is 9.84 Å². The van der Waals surface area contributed by atoms with Crippen LogP contribution in [0.25, 0.3) is 0 Å². The molecule has 1 aromatic heterocycles. The van der Waals surface area contributed by atoms with Gasteiger partial charge >= 0.3 is 0 Å². The monoisotopic (exact) mass is 346 g/mol. The minimum absolute atomic E-state index is 0.0114. The summed E-state index contributed by atoms with van der Waals surface area (Å²) in [6.45, 7) is 0. The van der Waals surface area contributed by atoms with Crippen molar-refractivity contribution in [2.24, 2.45) is 5.10 Å². The molecule has 2 atom stereocenters. The molecule has 23 heavy (non-hydrogen) atoms. The van der Waals surface area contributed by atoms with E-state index in [0.717, 1.165) is 12.1 Å². The van der Waals surface area contributed by atoms with Gasteiger partial charge in [0, 0.05) is 6.42 Å². The summed E-state index contributed by atoms with van der Waals surface area (Å²) in [5.41, 5.74) is 2.27. The van der Waals surface area contributed by atoms with Crippen LogP contribution < -0.4 is 0 Å². The van der Waals surface area contributed by atoms with E-state index in [-0.39, 0.29) is 23.6 Å². The molecule has 0 amide bonds. The third kappa shape index (κ3) is 2.93. The van der Waals surface area contributed by atoms with Gasteiger partial charge in [0.15, 0.2) is 9.84 Å². The normalized spacial score (nSPS) is 26.4. The van der Waals surface area contributed by atoms with Gasteiger partial charge in [-0.3, -0.25) is 5.01 Å². The van der Waals surface area contributed by atoms with Gasteiger partial charge < -0.3 is 0 Å². The molecule has 6 heteroatoms. The summed E-state index contributed by atoms with van der Waals surface area (Å²) in [5.74, 6) is 0.497. The van der Waals surface area contributed by atoms with E-state index in [0.29, 0.717) is 6.42 Å². The Morgan fingerprint density at radius 1 is 1.13 bits per heavy atom. The smallest absolute Gasteiger partial charge is 0.152 e. The van der Waals surface area contributed by atoms with E-state index in [4.69, 9.17) is 5.10 Å². The van der Waals surface area contributed by atoms with Gasteiger partial charge in [-0.1, -0.05) is 36.4 Å². The van der Waals surface area contributed by atoms with Crippen LogP contribution in [0.15, 0.2) is 52.9 Å². The highest BCUT2D eigenvalue weighted by atomic mass is 32.2. The van der Waals surface area contributed by atoms with E-state index in [2.05, 4.69) is 28.6 Å². The molecule has 4 rings (SSSR count). The molecule has 0 N–H and O–H groups in total. The van der Waals surface area contributed by atoms with Crippen molar-refractivity contribution < 1.29 is 8.42 Å². The molecule has 2 aliphatic heterocycles. The second kappa shape index (κ2) is 5.76. The molecule has 0 spiro atoms. The van der Waals surface area contributed by atoms with Crippen molar-refractivity contribution in [1.29, 1.82) is 0 Å². The standard InChI is InChI=1S/C17H18N2O2S2/c20-23(21)10-8-14(12-23)19-16(13-5-2-1-3-6-13)11-15(18-19)17-7-4-9-22-17/h1-7,9,14,16H,8,10-12H2. The molecule has 120 valence electrons. The Kier molecular flexibility index (Phi) is 3.73. The molecule has 0 aliphatic carbocycles. The van der Waals surface area contributed by atoms with E-state index in [1.807, 2.05) is 24.3 Å². The molecular formula is C17H18N2O2S2. The highest BCUT2D eigenvalue weighted by Crippen LogP contribution is 2.37. The maximum atomic E-state index is 11.9. The third-order valence-corrected chi connectivity index (χ3v) is 7.18. The molecular weight excluding hydrogens is 328 g/mol. The third-order valence-electron chi connectivity index (χ3n) is 4.51. The topological polar surface area (TPSA) is 49.7 Å². The van der Waals surface area contributed by atoms with Crippen LogP contribution in [0.4, 0.5) is 0 Å². The van der Waals surface area contributed by atoms with Gasteiger partial charge in [-0.2, -0.15) is 5.10 Å². The number of thiophene rings is 1. The van der Waals surface area contributed by atoms with Crippen molar-refractivity contribution in [3.63, 3.8) is 0 Å². The number of nitrogens with zero attached hydrogens (tertiary/aromatic N) is 2. The average Bonchev–Trinajstić information content (AvgIpc) is 3.25. The molecule has 1 saturated heterocycles. The number of hydrogen-bond acceptors (Lipinski definition) is 5. The minimum atomic E-state index is -2.92. The molecule has 1 aromatic carbocycles. The first-order valence-corrected chi connectivity index (χ1v) is 10.5. The summed E-state index contributed by atoms with van der Waals surface area (Å²) in [6.07, 6.45) is 1.51. The molecule has 1 fully saturated rings. The van der Waals surface area contributed by atoms with Crippen molar-refractivity contribution in [3.05, 3.63) is 58.3 Å². The van der Waals surface area contributed by atoms with Gasteiger partial charge in [-0.25, -0.2) is 8.42 Å². The molecule has 0 bridgehead atoms. The first-order chi connectivity index (χ1) is 11.1. The second-order valence-electron chi connectivity index (χ2n) is 6.09. The number of hydrazone groups is 1. The summed E-state index contributed by atoms with van der Waals surface area (Å²) in [6, 6.07) is 14.5. The quantitative estimate of drug-likeness (QED) is 0.858. The van der Waals surface area contributed by atoms with Gasteiger partial charge in [0.1, 0.15) is 0 Å².